The molecule has 0 radical (unpaired) electrons. The molecule has 4 rings (SSSR count). The number of anilines is 1. The van der Waals surface area contributed by atoms with Gasteiger partial charge in [-0.05, 0) is 55.2 Å². The summed E-state index contributed by atoms with van der Waals surface area (Å²) >= 11 is 1.07. The Balaban J connectivity index is 0.000000749. The minimum absolute atomic E-state index is 0.108. The maximum atomic E-state index is 12.7. The number of Topliss-reactive ketones (excluding diaryl/α,β-unsaturated/α-hetero) is 1. The standard InChI is InChI=1S/C24H25F3N2O4S.C8H10.2C2H6/c1-3-5-19-12-21(32-14-15(2)30)20(23(31)33-19)11-16-6-4-7-18(10-16)29-34-22-9-8-17(13-28-22)24(25,26)27;1-2-8-6-4-3-5-7-8;2*1-2/h4,6-10,13,19,29H,3,5,11-12,14H2,1-2H3;3-7H,2H2,1H3;2*1-2H3. The third kappa shape index (κ3) is 14.5. The third-order valence-corrected chi connectivity index (χ3v) is 7.01. The van der Waals surface area contributed by atoms with Crippen molar-refractivity contribution < 1.29 is 32.2 Å². The second kappa shape index (κ2) is 21.9. The first-order valence-electron chi connectivity index (χ1n) is 15.7. The summed E-state index contributed by atoms with van der Waals surface area (Å²) in [4.78, 5) is 27.9. The highest BCUT2D eigenvalue weighted by Gasteiger charge is 2.31. The average molecular weight is 661 g/mol. The van der Waals surface area contributed by atoms with E-state index in [1.54, 1.807) is 12.1 Å². The van der Waals surface area contributed by atoms with Gasteiger partial charge in [0.05, 0.1) is 11.1 Å². The van der Waals surface area contributed by atoms with Gasteiger partial charge in [0.15, 0.2) is 5.78 Å². The van der Waals surface area contributed by atoms with Gasteiger partial charge in [0.2, 0.25) is 0 Å². The zero-order chi connectivity index (χ0) is 34.5. The van der Waals surface area contributed by atoms with E-state index in [2.05, 4.69) is 40.9 Å². The quantitative estimate of drug-likeness (QED) is 0.162. The number of ketones is 1. The van der Waals surface area contributed by atoms with Crippen molar-refractivity contribution in [3.63, 3.8) is 0 Å². The molecule has 0 fully saturated rings. The van der Waals surface area contributed by atoms with Crippen LogP contribution in [0.5, 0.6) is 0 Å². The van der Waals surface area contributed by atoms with E-state index in [9.17, 15) is 22.8 Å². The van der Waals surface area contributed by atoms with Crippen molar-refractivity contribution in [3.8, 4) is 0 Å². The number of pyridine rings is 1. The molecule has 0 amide bonds. The SMILES string of the molecule is CC.CC.CCCC1CC(OCC(C)=O)=C(Cc2cccc(NSc3ccc(C(F)(F)F)cn3)c2)C(=O)O1.CCc1ccccc1. The van der Waals surface area contributed by atoms with Crippen molar-refractivity contribution in [3.05, 3.63) is 101 Å². The van der Waals surface area contributed by atoms with Crippen LogP contribution in [0, 0.1) is 0 Å². The van der Waals surface area contributed by atoms with Crippen LogP contribution in [0.25, 0.3) is 0 Å². The number of benzene rings is 2. The van der Waals surface area contributed by atoms with Crippen LogP contribution in [-0.2, 0) is 38.1 Å². The van der Waals surface area contributed by atoms with Crippen molar-refractivity contribution in [2.75, 3.05) is 11.3 Å². The normalized spacial score (nSPS) is 13.9. The summed E-state index contributed by atoms with van der Waals surface area (Å²) in [5, 5.41) is 0.374. The lowest BCUT2D eigenvalue weighted by atomic mass is 9.97. The molecule has 1 aliphatic rings. The Morgan fingerprint density at radius 1 is 1.00 bits per heavy atom. The largest absolute Gasteiger partial charge is 0.489 e. The molecule has 0 spiro atoms. The summed E-state index contributed by atoms with van der Waals surface area (Å²) in [6.45, 7) is 13.5. The van der Waals surface area contributed by atoms with Crippen LogP contribution in [0.15, 0.2) is 89.3 Å². The summed E-state index contributed by atoms with van der Waals surface area (Å²) in [6.07, 6.45) is -0.539. The monoisotopic (exact) mass is 660 g/mol. The molecular formula is C36H47F3N2O4S. The van der Waals surface area contributed by atoms with Crippen LogP contribution in [0.2, 0.25) is 0 Å². The fourth-order valence-electron chi connectivity index (χ4n) is 4.08. The van der Waals surface area contributed by atoms with Gasteiger partial charge in [-0.15, -0.1) is 0 Å². The van der Waals surface area contributed by atoms with Gasteiger partial charge in [0.1, 0.15) is 23.5 Å². The van der Waals surface area contributed by atoms with Crippen molar-refractivity contribution in [2.24, 2.45) is 0 Å². The van der Waals surface area contributed by atoms with E-state index in [1.165, 1.54) is 18.6 Å². The van der Waals surface area contributed by atoms with Crippen LogP contribution in [0.1, 0.15) is 84.4 Å². The number of carbonyl (C=O) groups excluding carboxylic acids is 2. The minimum Gasteiger partial charge on any atom is -0.489 e. The molecule has 252 valence electrons. The number of hydrogen-bond donors (Lipinski definition) is 1. The zero-order valence-electron chi connectivity index (χ0n) is 27.9. The van der Waals surface area contributed by atoms with E-state index >= 15 is 0 Å². The Morgan fingerprint density at radius 3 is 2.22 bits per heavy atom. The molecule has 46 heavy (non-hydrogen) atoms. The Hall–Kier alpha value is -3.79. The van der Waals surface area contributed by atoms with Crippen LogP contribution < -0.4 is 4.72 Å². The van der Waals surface area contributed by atoms with Crippen LogP contribution in [-0.4, -0.2) is 29.4 Å². The van der Waals surface area contributed by atoms with E-state index < -0.39 is 17.7 Å². The molecular weight excluding hydrogens is 613 g/mol. The molecule has 0 saturated heterocycles. The van der Waals surface area contributed by atoms with Gasteiger partial charge in [-0.25, -0.2) is 9.78 Å². The number of alkyl halides is 3. The maximum absolute atomic E-state index is 12.7. The Labute approximate surface area is 276 Å². The van der Waals surface area contributed by atoms with Crippen LogP contribution in [0.3, 0.4) is 0 Å². The molecule has 1 aromatic heterocycles. The number of ether oxygens (including phenoxy) is 2. The summed E-state index contributed by atoms with van der Waals surface area (Å²) in [6, 6.07) is 20.0. The number of hydrogen-bond acceptors (Lipinski definition) is 7. The van der Waals surface area contributed by atoms with Crippen LogP contribution >= 0.6 is 11.9 Å². The minimum atomic E-state index is -4.43. The third-order valence-electron chi connectivity index (χ3n) is 6.23. The van der Waals surface area contributed by atoms with Gasteiger partial charge in [-0.3, -0.25) is 4.79 Å². The number of nitrogens with one attached hydrogen (secondary N) is 1. The summed E-state index contributed by atoms with van der Waals surface area (Å²) < 4.78 is 52.3. The van der Waals surface area contributed by atoms with E-state index in [0.29, 0.717) is 34.9 Å². The smallest absolute Gasteiger partial charge is 0.417 e. The first kappa shape index (κ1) is 40.2. The van der Waals surface area contributed by atoms with Crippen molar-refractivity contribution in [1.82, 2.24) is 4.98 Å². The second-order valence-corrected chi connectivity index (χ2v) is 10.5. The molecule has 0 aliphatic carbocycles. The lowest BCUT2D eigenvalue weighted by Crippen LogP contribution is -2.29. The molecule has 6 nitrogen and oxygen atoms in total. The molecule has 1 atom stereocenters. The van der Waals surface area contributed by atoms with E-state index in [4.69, 9.17) is 9.47 Å². The molecule has 10 heteroatoms. The number of aromatic nitrogens is 1. The highest BCUT2D eigenvalue weighted by atomic mass is 32.2. The van der Waals surface area contributed by atoms with E-state index in [1.807, 2.05) is 52.8 Å². The molecule has 1 aliphatic heterocycles. The number of cyclic esters (lactones) is 1. The molecule has 0 saturated carbocycles. The van der Waals surface area contributed by atoms with Gasteiger partial charge in [-0.1, -0.05) is 90.4 Å². The summed E-state index contributed by atoms with van der Waals surface area (Å²) in [5.74, 6) is -0.116. The highest BCUT2D eigenvalue weighted by molar-refractivity contribution is 8.00. The number of carbonyl (C=O) groups is 2. The van der Waals surface area contributed by atoms with Gasteiger partial charge in [0, 0.05) is 36.7 Å². The zero-order valence-corrected chi connectivity index (χ0v) is 28.7. The number of esters is 1. The van der Waals surface area contributed by atoms with Gasteiger partial charge in [0.25, 0.3) is 0 Å². The lowest BCUT2D eigenvalue weighted by molar-refractivity contribution is -0.148. The van der Waals surface area contributed by atoms with Gasteiger partial charge >= 0.3 is 12.1 Å². The maximum Gasteiger partial charge on any atom is 0.417 e. The van der Waals surface area contributed by atoms with E-state index in [0.717, 1.165) is 42.6 Å². The topological polar surface area (TPSA) is 77.5 Å². The predicted octanol–water partition coefficient (Wildman–Crippen LogP) is 10.0. The summed E-state index contributed by atoms with van der Waals surface area (Å²) in [7, 11) is 0. The average Bonchev–Trinajstić information content (AvgIpc) is 3.07. The Kier molecular flexibility index (Phi) is 19.1. The number of nitrogens with zero attached hydrogens (tertiary/aromatic N) is 1. The molecule has 1 unspecified atom stereocenters. The molecule has 3 aromatic rings. The Bertz CT molecular complexity index is 1350. The lowest BCUT2D eigenvalue weighted by Gasteiger charge is -2.27. The Morgan fingerprint density at radius 2 is 1.67 bits per heavy atom. The molecule has 2 heterocycles. The van der Waals surface area contributed by atoms with Crippen LogP contribution in [0.4, 0.5) is 18.9 Å². The number of aryl methyl sites for hydroxylation is 1. The molecule has 0 bridgehead atoms. The van der Waals surface area contributed by atoms with Gasteiger partial charge in [-0.2, -0.15) is 13.2 Å². The van der Waals surface area contributed by atoms with Crippen molar-refractivity contribution in [1.29, 1.82) is 0 Å². The molecule has 1 N–H and O–H groups in total. The first-order chi connectivity index (χ1) is 22.1. The first-order valence-corrected chi connectivity index (χ1v) is 16.5. The fraction of sp³-hybridized carbons (Fsp3) is 0.417. The van der Waals surface area contributed by atoms with E-state index in [-0.39, 0.29) is 24.9 Å². The number of halogens is 3. The van der Waals surface area contributed by atoms with Gasteiger partial charge < -0.3 is 14.2 Å². The number of rotatable bonds is 11. The predicted molar refractivity (Wildman–Crippen MR) is 180 cm³/mol. The summed E-state index contributed by atoms with van der Waals surface area (Å²) in [5.41, 5.74) is 2.46. The second-order valence-electron chi connectivity index (χ2n) is 9.72. The molecule has 2 aromatic carbocycles. The highest BCUT2D eigenvalue weighted by Crippen LogP contribution is 2.31. The fourth-order valence-corrected chi connectivity index (χ4v) is 4.67. The van der Waals surface area contributed by atoms with Crippen molar-refractivity contribution >= 4 is 29.4 Å². The van der Waals surface area contributed by atoms with Crippen molar-refractivity contribution in [2.45, 2.75) is 97.9 Å².